The summed E-state index contributed by atoms with van der Waals surface area (Å²) in [5.74, 6) is 0.0826. The lowest BCUT2D eigenvalue weighted by molar-refractivity contribution is 0.398. The Morgan fingerprint density at radius 1 is 0.667 bits per heavy atom. The first-order valence-electron chi connectivity index (χ1n) is 10.2. The number of benzene rings is 1. The van der Waals surface area contributed by atoms with Gasteiger partial charge in [0.1, 0.15) is 0 Å². The van der Waals surface area contributed by atoms with Crippen molar-refractivity contribution in [1.82, 2.24) is 0 Å². The highest BCUT2D eigenvalue weighted by molar-refractivity contribution is 5.48. The van der Waals surface area contributed by atoms with Crippen LogP contribution < -0.4 is 0 Å². The quantitative estimate of drug-likeness (QED) is 0.283. The summed E-state index contributed by atoms with van der Waals surface area (Å²) < 4.78 is 0. The molecule has 0 saturated heterocycles. The molecule has 0 atom stereocenters. The summed E-state index contributed by atoms with van der Waals surface area (Å²) in [4.78, 5) is 0. The number of unbranched alkanes of at least 4 members (excludes halogenated alkanes) is 12. The molecular weight excluding hydrogens is 296 g/mol. The van der Waals surface area contributed by atoms with Crippen LogP contribution in [0.15, 0.2) is 12.1 Å². The molecule has 0 fully saturated rings. The Balaban J connectivity index is 1.95. The van der Waals surface area contributed by atoms with Gasteiger partial charge in [0.25, 0.3) is 0 Å². The molecule has 138 valence electrons. The zero-order chi connectivity index (χ0) is 17.6. The third kappa shape index (κ3) is 8.61. The average Bonchev–Trinajstić information content (AvgIpc) is 2.58. The Kier molecular flexibility index (Phi) is 11.4. The Morgan fingerprint density at radius 2 is 1.12 bits per heavy atom. The van der Waals surface area contributed by atoms with Crippen LogP contribution in [0.5, 0.6) is 11.5 Å². The third-order valence-electron chi connectivity index (χ3n) is 5.03. The van der Waals surface area contributed by atoms with Gasteiger partial charge in [0.15, 0.2) is 11.5 Å². The van der Waals surface area contributed by atoms with Crippen molar-refractivity contribution < 1.29 is 10.2 Å². The molecule has 0 heterocycles. The fourth-order valence-electron chi connectivity index (χ4n) is 3.36. The zero-order valence-electron chi connectivity index (χ0n) is 15.9. The predicted molar refractivity (Wildman–Crippen MR) is 104 cm³/mol. The molecule has 0 unspecified atom stereocenters. The van der Waals surface area contributed by atoms with Gasteiger partial charge in [-0.3, -0.25) is 0 Å². The monoisotopic (exact) mass is 334 g/mol. The first-order valence-corrected chi connectivity index (χ1v) is 10.2. The van der Waals surface area contributed by atoms with Gasteiger partial charge in [-0.15, -0.1) is 0 Å². The van der Waals surface area contributed by atoms with Crippen LogP contribution in [0.2, 0.25) is 0 Å². The van der Waals surface area contributed by atoms with Crippen LogP contribution >= 0.6 is 0 Å². The molecule has 0 aliphatic rings. The van der Waals surface area contributed by atoms with E-state index in [0.29, 0.717) is 0 Å². The second kappa shape index (κ2) is 13.1. The van der Waals surface area contributed by atoms with Gasteiger partial charge in [-0.25, -0.2) is 0 Å². The van der Waals surface area contributed by atoms with E-state index in [9.17, 15) is 10.2 Å². The second-order valence-electron chi connectivity index (χ2n) is 7.22. The molecule has 0 bridgehead atoms. The largest absolute Gasteiger partial charge is 0.504 e. The van der Waals surface area contributed by atoms with E-state index in [-0.39, 0.29) is 11.5 Å². The summed E-state index contributed by atoms with van der Waals surface area (Å²) in [6, 6.07) is 3.45. The van der Waals surface area contributed by atoms with Crippen LogP contribution in [0, 0.1) is 6.92 Å². The van der Waals surface area contributed by atoms with Gasteiger partial charge in [0.05, 0.1) is 0 Å². The van der Waals surface area contributed by atoms with Crippen LogP contribution in [-0.2, 0) is 6.42 Å². The van der Waals surface area contributed by atoms with Crippen LogP contribution in [0.1, 0.15) is 102 Å². The van der Waals surface area contributed by atoms with Crippen molar-refractivity contribution in [3.8, 4) is 11.5 Å². The van der Waals surface area contributed by atoms with Gasteiger partial charge in [-0.05, 0) is 31.4 Å². The SMILES string of the molecule is CCCCCCCCCCCCCCCc1c(C)ccc(O)c1O. The molecule has 1 rings (SSSR count). The van der Waals surface area contributed by atoms with Crippen molar-refractivity contribution in [3.63, 3.8) is 0 Å². The molecule has 0 aliphatic heterocycles. The Morgan fingerprint density at radius 3 is 1.62 bits per heavy atom. The maximum absolute atomic E-state index is 9.92. The lowest BCUT2D eigenvalue weighted by Crippen LogP contribution is -1.92. The van der Waals surface area contributed by atoms with Crippen LogP contribution in [0.25, 0.3) is 0 Å². The molecule has 1 aromatic carbocycles. The highest BCUT2D eigenvalue weighted by atomic mass is 16.3. The van der Waals surface area contributed by atoms with Gasteiger partial charge in [0.2, 0.25) is 0 Å². The molecule has 0 radical (unpaired) electrons. The predicted octanol–water partition coefficient (Wildman–Crippen LogP) is 7.04. The number of phenols is 2. The van der Waals surface area contributed by atoms with E-state index in [1.807, 2.05) is 13.0 Å². The van der Waals surface area contributed by atoms with Crippen LogP contribution in [0.3, 0.4) is 0 Å². The van der Waals surface area contributed by atoms with Gasteiger partial charge in [-0.2, -0.15) is 0 Å². The Hall–Kier alpha value is -1.18. The standard InChI is InChI=1S/C22H38O2/c1-3-4-5-6-7-8-9-10-11-12-13-14-15-16-20-19(2)17-18-21(23)22(20)24/h17-18,23-24H,3-16H2,1-2H3. The van der Waals surface area contributed by atoms with Crippen molar-refractivity contribution in [2.75, 3.05) is 0 Å². The number of aryl methyl sites for hydroxylation is 1. The minimum absolute atomic E-state index is 0.00490. The summed E-state index contributed by atoms with van der Waals surface area (Å²) in [6.45, 7) is 4.27. The van der Waals surface area contributed by atoms with E-state index >= 15 is 0 Å². The molecule has 2 nitrogen and oxygen atoms in total. The fourth-order valence-corrected chi connectivity index (χ4v) is 3.36. The smallest absolute Gasteiger partial charge is 0.160 e. The Bertz CT molecular complexity index is 440. The lowest BCUT2D eigenvalue weighted by atomic mass is 9.99. The van der Waals surface area contributed by atoms with E-state index in [2.05, 4.69) is 6.92 Å². The minimum Gasteiger partial charge on any atom is -0.504 e. The van der Waals surface area contributed by atoms with Crippen molar-refractivity contribution in [3.05, 3.63) is 23.3 Å². The van der Waals surface area contributed by atoms with Gasteiger partial charge < -0.3 is 10.2 Å². The third-order valence-corrected chi connectivity index (χ3v) is 5.03. The van der Waals surface area contributed by atoms with Gasteiger partial charge in [-0.1, -0.05) is 90.0 Å². The molecule has 1 aromatic rings. The summed E-state index contributed by atoms with van der Waals surface area (Å²) in [6.07, 6.45) is 18.4. The normalized spacial score (nSPS) is 11.1. The highest BCUT2D eigenvalue weighted by Crippen LogP contribution is 2.32. The molecule has 0 spiro atoms. The van der Waals surface area contributed by atoms with E-state index in [1.54, 1.807) is 6.07 Å². The van der Waals surface area contributed by atoms with E-state index < -0.39 is 0 Å². The second-order valence-corrected chi connectivity index (χ2v) is 7.22. The van der Waals surface area contributed by atoms with E-state index in [0.717, 1.165) is 24.0 Å². The first kappa shape index (κ1) is 20.9. The summed E-state index contributed by atoms with van der Waals surface area (Å²) in [5.41, 5.74) is 1.99. The van der Waals surface area contributed by atoms with Crippen LogP contribution in [0.4, 0.5) is 0 Å². The molecule has 2 N–H and O–H groups in total. The Labute approximate surface area is 149 Å². The number of aromatic hydroxyl groups is 2. The highest BCUT2D eigenvalue weighted by Gasteiger charge is 2.08. The average molecular weight is 335 g/mol. The van der Waals surface area contributed by atoms with Crippen molar-refractivity contribution in [2.24, 2.45) is 0 Å². The van der Waals surface area contributed by atoms with Crippen LogP contribution in [-0.4, -0.2) is 10.2 Å². The lowest BCUT2D eigenvalue weighted by Gasteiger charge is -2.09. The minimum atomic E-state index is 0.00490. The molecule has 0 saturated carbocycles. The number of hydrogen-bond donors (Lipinski definition) is 2. The molecule has 0 aromatic heterocycles. The number of rotatable bonds is 14. The van der Waals surface area contributed by atoms with E-state index in [1.165, 1.54) is 77.0 Å². The molecule has 0 aliphatic carbocycles. The molecular formula is C22H38O2. The van der Waals surface area contributed by atoms with Crippen molar-refractivity contribution in [2.45, 2.75) is 104 Å². The number of hydrogen-bond acceptors (Lipinski definition) is 2. The van der Waals surface area contributed by atoms with Gasteiger partial charge >= 0.3 is 0 Å². The van der Waals surface area contributed by atoms with Crippen molar-refractivity contribution >= 4 is 0 Å². The van der Waals surface area contributed by atoms with E-state index in [4.69, 9.17) is 0 Å². The molecule has 2 heteroatoms. The maximum Gasteiger partial charge on any atom is 0.160 e. The fraction of sp³-hybridized carbons (Fsp3) is 0.727. The summed E-state index contributed by atoms with van der Waals surface area (Å²) >= 11 is 0. The molecule has 0 amide bonds. The number of phenolic OH excluding ortho intramolecular Hbond substituents is 2. The maximum atomic E-state index is 9.92. The summed E-state index contributed by atoms with van der Waals surface area (Å²) in [7, 11) is 0. The van der Waals surface area contributed by atoms with Crippen molar-refractivity contribution in [1.29, 1.82) is 0 Å². The topological polar surface area (TPSA) is 40.5 Å². The van der Waals surface area contributed by atoms with Gasteiger partial charge in [0, 0.05) is 5.56 Å². The summed E-state index contributed by atoms with van der Waals surface area (Å²) in [5, 5.41) is 19.5. The zero-order valence-corrected chi connectivity index (χ0v) is 15.9. The first-order chi connectivity index (χ1) is 11.7. The molecule has 24 heavy (non-hydrogen) atoms.